The molecule has 0 aromatic heterocycles. The highest BCUT2D eigenvalue weighted by molar-refractivity contribution is 5.29. The molecule has 3 N–H and O–H groups in total. The molecule has 2 rings (SSSR count). The van der Waals surface area contributed by atoms with Gasteiger partial charge in [-0.2, -0.15) is 0 Å². The van der Waals surface area contributed by atoms with Crippen molar-refractivity contribution in [2.45, 2.75) is 83.2 Å². The first-order valence-corrected chi connectivity index (χ1v) is 8.94. The second-order valence-corrected chi connectivity index (χ2v) is 7.67. The van der Waals surface area contributed by atoms with Crippen LogP contribution in [0.4, 0.5) is 0 Å². The largest absolute Gasteiger partial charge is 0.390 e. The van der Waals surface area contributed by atoms with E-state index in [0.717, 1.165) is 24.0 Å². The van der Waals surface area contributed by atoms with E-state index in [4.69, 9.17) is 4.74 Å². The molecule has 0 bridgehead atoms. The number of allylic oxidation sites excluding steroid dienone is 1. The zero-order valence-corrected chi connectivity index (χ0v) is 15.2. The van der Waals surface area contributed by atoms with Gasteiger partial charge in [-0.15, -0.1) is 0 Å². The third-order valence-electron chi connectivity index (χ3n) is 5.45. The zero-order valence-electron chi connectivity index (χ0n) is 15.2. The highest BCUT2D eigenvalue weighted by Gasteiger charge is 2.31. The van der Waals surface area contributed by atoms with Crippen molar-refractivity contribution >= 4 is 0 Å². The van der Waals surface area contributed by atoms with Crippen LogP contribution in [0.1, 0.15) is 59.3 Å². The van der Waals surface area contributed by atoms with Gasteiger partial charge in [0.05, 0.1) is 30.5 Å². The number of ether oxygens (including phenoxy) is 1. The molecule has 136 valence electrons. The van der Waals surface area contributed by atoms with Gasteiger partial charge in [-0.1, -0.05) is 18.2 Å². The van der Waals surface area contributed by atoms with Crippen molar-refractivity contribution in [1.29, 1.82) is 0 Å². The van der Waals surface area contributed by atoms with Crippen LogP contribution in [-0.4, -0.2) is 45.8 Å². The maximum atomic E-state index is 10.5. The first-order valence-electron chi connectivity index (χ1n) is 8.94. The SMILES string of the molecule is C=C1CCC2=C(C)CO[C@H]2/C=C(/C)CC[C@@H](O)[C@](C)(O)CC[C@H]1O. The van der Waals surface area contributed by atoms with Crippen LogP contribution in [0, 0.1) is 0 Å². The summed E-state index contributed by atoms with van der Waals surface area (Å²) in [7, 11) is 0. The summed E-state index contributed by atoms with van der Waals surface area (Å²) in [4.78, 5) is 0. The highest BCUT2D eigenvalue weighted by atomic mass is 16.5. The van der Waals surface area contributed by atoms with Crippen molar-refractivity contribution in [2.24, 2.45) is 0 Å². The van der Waals surface area contributed by atoms with Crippen LogP contribution in [0.5, 0.6) is 0 Å². The lowest BCUT2D eigenvalue weighted by atomic mass is 9.86. The molecule has 0 spiro atoms. The fourth-order valence-electron chi connectivity index (χ4n) is 3.43. The smallest absolute Gasteiger partial charge is 0.0977 e. The predicted octanol–water partition coefficient (Wildman–Crippen LogP) is 3.03. The molecule has 4 atom stereocenters. The maximum Gasteiger partial charge on any atom is 0.0977 e. The van der Waals surface area contributed by atoms with Gasteiger partial charge >= 0.3 is 0 Å². The molecule has 0 saturated heterocycles. The summed E-state index contributed by atoms with van der Waals surface area (Å²) in [5, 5.41) is 31.1. The standard InChI is InChI=1S/C20H32O4/c1-13-5-8-19(22)20(4,23)10-9-17(21)14(2)6-7-16-15(3)12-24-18(16)11-13/h11,17-19,21-23H,2,5-10,12H2,1,3-4H3/b13-11-/t17-,18+,19-,20-/m1/s1. The number of aliphatic hydroxyl groups excluding tert-OH is 2. The lowest BCUT2D eigenvalue weighted by molar-refractivity contribution is -0.0747. The molecular weight excluding hydrogens is 304 g/mol. The van der Waals surface area contributed by atoms with Crippen LogP contribution in [0.3, 0.4) is 0 Å². The van der Waals surface area contributed by atoms with E-state index < -0.39 is 17.8 Å². The van der Waals surface area contributed by atoms with Crippen molar-refractivity contribution in [1.82, 2.24) is 0 Å². The average Bonchev–Trinajstić information content (AvgIpc) is 2.87. The van der Waals surface area contributed by atoms with Crippen LogP contribution in [0.15, 0.2) is 34.9 Å². The molecule has 0 unspecified atom stereocenters. The quantitative estimate of drug-likeness (QED) is 0.595. The lowest BCUT2D eigenvalue weighted by Gasteiger charge is -2.31. The van der Waals surface area contributed by atoms with Crippen LogP contribution in [0.25, 0.3) is 0 Å². The molecule has 0 amide bonds. The summed E-state index contributed by atoms with van der Waals surface area (Å²) in [5.74, 6) is 0. The molecule has 4 heteroatoms. The van der Waals surface area contributed by atoms with E-state index >= 15 is 0 Å². The Morgan fingerprint density at radius 2 is 1.88 bits per heavy atom. The molecule has 0 aromatic rings. The Morgan fingerprint density at radius 3 is 2.58 bits per heavy atom. The van der Waals surface area contributed by atoms with E-state index in [9.17, 15) is 15.3 Å². The van der Waals surface area contributed by atoms with Crippen molar-refractivity contribution in [3.05, 3.63) is 34.9 Å². The third kappa shape index (κ3) is 4.79. The van der Waals surface area contributed by atoms with Crippen molar-refractivity contribution in [3.8, 4) is 0 Å². The van der Waals surface area contributed by atoms with Crippen LogP contribution < -0.4 is 0 Å². The van der Waals surface area contributed by atoms with Gasteiger partial charge in [0, 0.05) is 0 Å². The van der Waals surface area contributed by atoms with Crippen LogP contribution in [0.2, 0.25) is 0 Å². The molecule has 0 radical (unpaired) electrons. The van der Waals surface area contributed by atoms with E-state index in [2.05, 4.69) is 19.6 Å². The van der Waals surface area contributed by atoms with Crippen molar-refractivity contribution in [2.75, 3.05) is 6.61 Å². The van der Waals surface area contributed by atoms with Gasteiger partial charge in [0.25, 0.3) is 0 Å². The van der Waals surface area contributed by atoms with E-state index in [0.29, 0.717) is 32.3 Å². The Balaban J connectivity index is 2.21. The molecule has 4 nitrogen and oxygen atoms in total. The number of fused-ring (bicyclic) bond motifs is 1. The average molecular weight is 336 g/mol. The second kappa shape index (κ2) is 7.96. The minimum Gasteiger partial charge on any atom is -0.390 e. The van der Waals surface area contributed by atoms with Crippen LogP contribution >= 0.6 is 0 Å². The lowest BCUT2D eigenvalue weighted by Crippen LogP contribution is -2.40. The van der Waals surface area contributed by atoms with E-state index in [1.807, 2.05) is 6.92 Å². The summed E-state index contributed by atoms with van der Waals surface area (Å²) < 4.78 is 5.87. The summed E-state index contributed by atoms with van der Waals surface area (Å²) in [6.45, 7) is 10.4. The predicted molar refractivity (Wildman–Crippen MR) is 95.7 cm³/mol. The minimum atomic E-state index is -1.20. The van der Waals surface area contributed by atoms with Crippen LogP contribution in [-0.2, 0) is 4.74 Å². The Morgan fingerprint density at radius 1 is 1.17 bits per heavy atom. The number of hydrogen-bond acceptors (Lipinski definition) is 4. The topological polar surface area (TPSA) is 69.9 Å². The van der Waals surface area contributed by atoms with Crippen molar-refractivity contribution < 1.29 is 20.1 Å². The van der Waals surface area contributed by atoms with Gasteiger partial charge in [-0.3, -0.25) is 0 Å². The normalized spacial score (nSPS) is 39.2. The summed E-state index contributed by atoms with van der Waals surface area (Å²) in [5.41, 5.74) is 3.30. The molecule has 24 heavy (non-hydrogen) atoms. The third-order valence-corrected chi connectivity index (χ3v) is 5.45. The highest BCUT2D eigenvalue weighted by Crippen LogP contribution is 2.31. The van der Waals surface area contributed by atoms with E-state index in [1.54, 1.807) is 6.92 Å². The fourth-order valence-corrected chi connectivity index (χ4v) is 3.43. The number of aliphatic hydroxyl groups is 3. The number of hydrogen-bond donors (Lipinski definition) is 3. The fraction of sp³-hybridized carbons (Fsp3) is 0.700. The molecular formula is C20H32O4. The van der Waals surface area contributed by atoms with Gasteiger partial charge < -0.3 is 20.1 Å². The first-order chi connectivity index (χ1) is 11.2. The van der Waals surface area contributed by atoms with Gasteiger partial charge in [0.15, 0.2) is 0 Å². The molecule has 1 heterocycles. The van der Waals surface area contributed by atoms with E-state index in [1.165, 1.54) is 11.1 Å². The van der Waals surface area contributed by atoms with Gasteiger partial charge in [0.2, 0.25) is 0 Å². The number of rotatable bonds is 0. The van der Waals surface area contributed by atoms with Gasteiger partial charge in [-0.05, 0) is 76.0 Å². The Bertz CT molecular complexity index is 530. The molecule has 0 aromatic carbocycles. The molecule has 0 saturated carbocycles. The van der Waals surface area contributed by atoms with Gasteiger partial charge in [0.1, 0.15) is 0 Å². The molecule has 1 aliphatic carbocycles. The Hall–Kier alpha value is -0.940. The first kappa shape index (κ1) is 19.4. The summed E-state index contributed by atoms with van der Waals surface area (Å²) >= 11 is 0. The van der Waals surface area contributed by atoms with Crippen molar-refractivity contribution in [3.63, 3.8) is 0 Å². The Kier molecular flexibility index (Phi) is 6.43. The summed E-state index contributed by atoms with van der Waals surface area (Å²) in [6, 6.07) is 0. The zero-order chi connectivity index (χ0) is 17.9. The molecule has 2 aliphatic rings. The summed E-state index contributed by atoms with van der Waals surface area (Å²) in [6.07, 6.45) is 4.18. The Labute approximate surface area is 145 Å². The molecule has 1 aliphatic heterocycles. The van der Waals surface area contributed by atoms with Gasteiger partial charge in [-0.25, -0.2) is 0 Å². The molecule has 0 fully saturated rings. The minimum absolute atomic E-state index is 0.0180. The van der Waals surface area contributed by atoms with E-state index in [-0.39, 0.29) is 6.10 Å². The maximum absolute atomic E-state index is 10.5. The monoisotopic (exact) mass is 336 g/mol. The second-order valence-electron chi connectivity index (χ2n) is 7.67.